The van der Waals surface area contributed by atoms with Crippen LogP contribution in [0.15, 0.2) is 52.9 Å². The quantitative estimate of drug-likeness (QED) is 0.677. The van der Waals surface area contributed by atoms with Crippen molar-refractivity contribution in [2.24, 2.45) is 0 Å². The van der Waals surface area contributed by atoms with Crippen molar-refractivity contribution in [3.63, 3.8) is 0 Å². The third kappa shape index (κ3) is 3.68. The minimum Gasteiger partial charge on any atom is -0.451 e. The number of nitrogens with zero attached hydrogens (tertiary/aromatic N) is 2. The molecule has 1 saturated heterocycles. The molecule has 28 heavy (non-hydrogen) atoms. The van der Waals surface area contributed by atoms with Gasteiger partial charge in [0.1, 0.15) is 5.58 Å². The fourth-order valence-corrected chi connectivity index (χ4v) is 3.84. The summed E-state index contributed by atoms with van der Waals surface area (Å²) in [7, 11) is 1.64. The number of furan rings is 1. The zero-order valence-electron chi connectivity index (χ0n) is 16.5. The molecule has 1 amide bonds. The number of hydrogen-bond acceptors (Lipinski definition) is 4. The minimum atomic E-state index is -0.0428. The van der Waals surface area contributed by atoms with Crippen LogP contribution >= 0.6 is 0 Å². The molecule has 2 aromatic carbocycles. The fourth-order valence-electron chi connectivity index (χ4n) is 3.84. The molecule has 2 heterocycles. The van der Waals surface area contributed by atoms with E-state index in [4.69, 9.17) is 9.15 Å². The Morgan fingerprint density at radius 1 is 1.04 bits per heavy atom. The lowest BCUT2D eigenvalue weighted by atomic mass is 10.1. The number of aryl methyl sites for hydroxylation is 1. The first kappa shape index (κ1) is 18.7. The highest BCUT2D eigenvalue weighted by Crippen LogP contribution is 2.28. The first-order valence-electron chi connectivity index (χ1n) is 9.73. The third-order valence-electron chi connectivity index (χ3n) is 5.50. The normalized spacial score (nSPS) is 15.3. The maximum atomic E-state index is 13.1. The Labute approximate surface area is 165 Å². The molecule has 0 unspecified atom stereocenters. The molecule has 4 rings (SSSR count). The van der Waals surface area contributed by atoms with Crippen LogP contribution in [-0.4, -0.2) is 49.0 Å². The monoisotopic (exact) mass is 378 g/mol. The van der Waals surface area contributed by atoms with Crippen molar-refractivity contribution in [3.05, 3.63) is 71.0 Å². The van der Waals surface area contributed by atoms with Gasteiger partial charge in [0.2, 0.25) is 0 Å². The molecular weight excluding hydrogens is 352 g/mol. The summed E-state index contributed by atoms with van der Waals surface area (Å²) in [6, 6.07) is 16.2. The standard InChI is InChI=1S/C23H26N2O3/c1-17-7-3-4-8-18(17)15-24-11-13-25(14-12-24)23(26)22-20(16-27-2)19-9-5-6-10-21(19)28-22/h3-10H,11-16H2,1-2H3. The van der Waals surface area contributed by atoms with Crippen LogP contribution in [0.4, 0.5) is 0 Å². The molecule has 146 valence electrons. The molecule has 1 aliphatic heterocycles. The summed E-state index contributed by atoms with van der Waals surface area (Å²) in [6.45, 7) is 6.57. The number of hydrogen-bond donors (Lipinski definition) is 0. The number of piperazine rings is 1. The maximum absolute atomic E-state index is 13.1. The van der Waals surface area contributed by atoms with Gasteiger partial charge in [0.05, 0.1) is 6.61 Å². The largest absolute Gasteiger partial charge is 0.451 e. The van der Waals surface area contributed by atoms with Crippen molar-refractivity contribution in [1.82, 2.24) is 9.80 Å². The van der Waals surface area contributed by atoms with E-state index >= 15 is 0 Å². The molecule has 0 aliphatic carbocycles. The van der Waals surface area contributed by atoms with Crippen LogP contribution in [0.1, 0.15) is 27.2 Å². The van der Waals surface area contributed by atoms with E-state index in [-0.39, 0.29) is 5.91 Å². The first-order chi connectivity index (χ1) is 13.7. The van der Waals surface area contributed by atoms with Gasteiger partial charge in [0.15, 0.2) is 5.76 Å². The van der Waals surface area contributed by atoms with Crippen molar-refractivity contribution < 1.29 is 13.9 Å². The molecule has 5 nitrogen and oxygen atoms in total. The lowest BCUT2D eigenvalue weighted by Gasteiger charge is -2.34. The van der Waals surface area contributed by atoms with Crippen molar-refractivity contribution >= 4 is 16.9 Å². The molecule has 1 aromatic heterocycles. The zero-order valence-corrected chi connectivity index (χ0v) is 16.5. The summed E-state index contributed by atoms with van der Waals surface area (Å²) in [5, 5.41) is 0.950. The zero-order chi connectivity index (χ0) is 19.5. The number of para-hydroxylation sites is 1. The van der Waals surface area contributed by atoms with Crippen molar-refractivity contribution in [2.75, 3.05) is 33.3 Å². The minimum absolute atomic E-state index is 0.0428. The third-order valence-corrected chi connectivity index (χ3v) is 5.50. The van der Waals surface area contributed by atoms with Crippen LogP contribution in [0.25, 0.3) is 11.0 Å². The number of fused-ring (bicyclic) bond motifs is 1. The molecule has 0 N–H and O–H groups in total. The number of amides is 1. The molecule has 5 heteroatoms. The van der Waals surface area contributed by atoms with Gasteiger partial charge in [-0.1, -0.05) is 42.5 Å². The average molecular weight is 378 g/mol. The van der Waals surface area contributed by atoms with Gasteiger partial charge in [0.25, 0.3) is 5.91 Å². The Morgan fingerprint density at radius 3 is 2.50 bits per heavy atom. The predicted molar refractivity (Wildman–Crippen MR) is 109 cm³/mol. The second-order valence-electron chi connectivity index (χ2n) is 7.33. The summed E-state index contributed by atoms with van der Waals surface area (Å²) in [5.41, 5.74) is 4.23. The van der Waals surface area contributed by atoms with E-state index < -0.39 is 0 Å². The van der Waals surface area contributed by atoms with Crippen LogP contribution in [0.5, 0.6) is 0 Å². The van der Waals surface area contributed by atoms with Crippen molar-refractivity contribution in [2.45, 2.75) is 20.1 Å². The topological polar surface area (TPSA) is 45.9 Å². The number of carbonyl (C=O) groups excluding carboxylic acids is 1. The highest BCUT2D eigenvalue weighted by molar-refractivity contribution is 5.99. The maximum Gasteiger partial charge on any atom is 0.290 e. The van der Waals surface area contributed by atoms with Crippen LogP contribution in [0.2, 0.25) is 0 Å². The lowest BCUT2D eigenvalue weighted by Crippen LogP contribution is -2.48. The molecule has 1 aliphatic rings. The average Bonchev–Trinajstić information content (AvgIpc) is 3.09. The van der Waals surface area contributed by atoms with Crippen molar-refractivity contribution in [1.29, 1.82) is 0 Å². The molecule has 0 atom stereocenters. The van der Waals surface area contributed by atoms with Crippen LogP contribution in [-0.2, 0) is 17.9 Å². The summed E-state index contributed by atoms with van der Waals surface area (Å²) in [4.78, 5) is 17.4. The van der Waals surface area contributed by atoms with Gasteiger partial charge in [-0.2, -0.15) is 0 Å². The Bertz CT molecular complexity index is 971. The van der Waals surface area contributed by atoms with Crippen LogP contribution < -0.4 is 0 Å². The van der Waals surface area contributed by atoms with Crippen LogP contribution in [0.3, 0.4) is 0 Å². The Kier molecular flexibility index (Phi) is 5.46. The first-order valence-corrected chi connectivity index (χ1v) is 9.73. The highest BCUT2D eigenvalue weighted by Gasteiger charge is 2.28. The SMILES string of the molecule is COCc1c(C(=O)N2CCN(Cc3ccccc3C)CC2)oc2ccccc12. The van der Waals surface area contributed by atoms with E-state index in [1.165, 1.54) is 11.1 Å². The summed E-state index contributed by atoms with van der Waals surface area (Å²) >= 11 is 0. The van der Waals surface area contributed by atoms with E-state index in [1.807, 2.05) is 29.2 Å². The second-order valence-corrected chi connectivity index (χ2v) is 7.33. The Balaban J connectivity index is 1.46. The number of methoxy groups -OCH3 is 1. The van der Waals surface area contributed by atoms with E-state index in [0.29, 0.717) is 25.5 Å². The molecule has 0 bridgehead atoms. The van der Waals surface area contributed by atoms with Gasteiger partial charge < -0.3 is 14.1 Å². The number of carbonyl (C=O) groups is 1. The molecular formula is C23H26N2O3. The van der Waals surface area contributed by atoms with E-state index in [9.17, 15) is 4.79 Å². The van der Waals surface area contributed by atoms with Gasteiger partial charge in [-0.15, -0.1) is 0 Å². The molecule has 3 aromatic rings. The molecule has 1 fully saturated rings. The lowest BCUT2D eigenvalue weighted by molar-refractivity contribution is 0.0594. The van der Waals surface area contributed by atoms with Gasteiger partial charge in [-0.05, 0) is 24.1 Å². The van der Waals surface area contributed by atoms with Gasteiger partial charge >= 0.3 is 0 Å². The van der Waals surface area contributed by atoms with E-state index in [1.54, 1.807) is 7.11 Å². The second kappa shape index (κ2) is 8.17. The molecule has 0 saturated carbocycles. The van der Waals surface area contributed by atoms with Crippen molar-refractivity contribution in [3.8, 4) is 0 Å². The van der Waals surface area contributed by atoms with Gasteiger partial charge in [-0.3, -0.25) is 9.69 Å². The Hall–Kier alpha value is -2.63. The summed E-state index contributed by atoms with van der Waals surface area (Å²) in [6.07, 6.45) is 0. The Morgan fingerprint density at radius 2 is 1.75 bits per heavy atom. The fraction of sp³-hybridized carbons (Fsp3) is 0.348. The van der Waals surface area contributed by atoms with E-state index in [2.05, 4.69) is 36.1 Å². The molecule has 0 radical (unpaired) electrons. The molecule has 0 spiro atoms. The van der Waals surface area contributed by atoms with Gasteiger partial charge in [0, 0.05) is 50.8 Å². The van der Waals surface area contributed by atoms with Gasteiger partial charge in [-0.25, -0.2) is 0 Å². The summed E-state index contributed by atoms with van der Waals surface area (Å²) in [5.74, 6) is 0.370. The highest BCUT2D eigenvalue weighted by atomic mass is 16.5. The predicted octanol–water partition coefficient (Wildman–Crippen LogP) is 3.85. The van der Waals surface area contributed by atoms with E-state index in [0.717, 1.165) is 36.2 Å². The summed E-state index contributed by atoms with van der Waals surface area (Å²) < 4.78 is 11.2. The number of ether oxygens (including phenoxy) is 1. The number of rotatable bonds is 5. The smallest absolute Gasteiger partial charge is 0.290 e. The number of benzene rings is 2. The van der Waals surface area contributed by atoms with Crippen LogP contribution in [0, 0.1) is 6.92 Å².